The average Bonchev–Trinajstić information content (AvgIpc) is 3.81. The molecule has 8 nitrogen and oxygen atoms in total. The van der Waals surface area contributed by atoms with E-state index in [-0.39, 0.29) is 23.3 Å². The molecule has 7 rings (SSSR count). The van der Waals surface area contributed by atoms with Crippen molar-refractivity contribution in [3.8, 4) is 0 Å². The van der Waals surface area contributed by atoms with E-state index in [0.29, 0.717) is 37.4 Å². The third kappa shape index (κ3) is 5.85. The van der Waals surface area contributed by atoms with E-state index in [2.05, 4.69) is 27.1 Å². The number of aliphatic hydroxyl groups excluding tert-OH is 1. The molecule has 3 N–H and O–H groups in total. The number of fused-ring (bicyclic) bond motifs is 3. The van der Waals surface area contributed by atoms with Crippen LogP contribution < -0.4 is 10.0 Å². The van der Waals surface area contributed by atoms with Gasteiger partial charge in [0.15, 0.2) is 0 Å². The molecule has 1 amide bonds. The van der Waals surface area contributed by atoms with Crippen molar-refractivity contribution in [1.29, 1.82) is 0 Å². The highest BCUT2D eigenvalue weighted by Crippen LogP contribution is 2.46. The number of ether oxygens (including phenoxy) is 1. The molecule has 6 aliphatic rings. The fourth-order valence-corrected chi connectivity index (χ4v) is 9.88. The minimum atomic E-state index is -4.00. The molecule has 10 heteroatoms. The number of sulfonamides is 1. The number of halogens is 1. The molecule has 1 aromatic rings. The van der Waals surface area contributed by atoms with Gasteiger partial charge in [0.1, 0.15) is 11.1 Å². The number of aliphatic hydroxyl groups is 1. The van der Waals surface area contributed by atoms with Crippen LogP contribution in [0.15, 0.2) is 53.5 Å². The SMILES string of the molecule is C[C@H]1C/C=C/[C@H](O)[C@@H]2CC[C@H]2CN2C[C@@]3(CCCc4cc(Cl)ccc43)COC3=C2C=C(CC3)C(=O)NS(=O)(=O)[C@H]1NC1CC1. The van der Waals surface area contributed by atoms with Gasteiger partial charge in [-0.25, -0.2) is 13.1 Å². The van der Waals surface area contributed by atoms with Crippen LogP contribution in [0.5, 0.6) is 0 Å². The third-order valence-corrected chi connectivity index (χ3v) is 12.9. The van der Waals surface area contributed by atoms with Crippen molar-refractivity contribution in [2.45, 2.75) is 94.1 Å². The number of aryl methyl sites for hydroxylation is 1. The Hall–Kier alpha value is -2.33. The summed E-state index contributed by atoms with van der Waals surface area (Å²) in [4.78, 5) is 16.0. The van der Waals surface area contributed by atoms with Gasteiger partial charge in [-0.3, -0.25) is 10.1 Å². The Morgan fingerprint density at radius 2 is 2.00 bits per heavy atom. The van der Waals surface area contributed by atoms with Gasteiger partial charge in [0.05, 0.1) is 18.4 Å². The number of amides is 1. The predicted octanol–water partition coefficient (Wildman–Crippen LogP) is 4.69. The van der Waals surface area contributed by atoms with Gasteiger partial charge in [-0.1, -0.05) is 36.7 Å². The Bertz CT molecular complexity index is 1520. The summed E-state index contributed by atoms with van der Waals surface area (Å²) in [7, 11) is -4.00. The molecule has 1 aromatic carbocycles. The van der Waals surface area contributed by atoms with Crippen LogP contribution in [0.2, 0.25) is 5.02 Å². The number of benzene rings is 1. The van der Waals surface area contributed by atoms with E-state index in [9.17, 15) is 18.3 Å². The lowest BCUT2D eigenvalue weighted by molar-refractivity contribution is -0.116. The fraction of sp³-hybridized carbons (Fsp3) is 0.618. The number of carbonyl (C=O) groups excluding carboxylic acids is 1. The third-order valence-electron chi connectivity index (χ3n) is 10.9. The number of hydrogen-bond donors (Lipinski definition) is 3. The van der Waals surface area contributed by atoms with E-state index in [1.165, 1.54) is 11.1 Å². The van der Waals surface area contributed by atoms with Crippen LogP contribution in [0.3, 0.4) is 0 Å². The first-order valence-electron chi connectivity index (χ1n) is 16.4. The molecule has 0 radical (unpaired) electrons. The normalized spacial score (nSPS) is 36.2. The zero-order valence-corrected chi connectivity index (χ0v) is 27.0. The smallest absolute Gasteiger partial charge is 0.260 e. The number of carbonyl (C=O) groups is 1. The van der Waals surface area contributed by atoms with Crippen molar-refractivity contribution < 1.29 is 23.1 Å². The Labute approximate surface area is 266 Å². The van der Waals surface area contributed by atoms with E-state index in [1.807, 2.05) is 31.2 Å². The van der Waals surface area contributed by atoms with Gasteiger partial charge in [0, 0.05) is 41.6 Å². The summed E-state index contributed by atoms with van der Waals surface area (Å²) in [6, 6.07) is 6.37. The highest BCUT2D eigenvalue weighted by Gasteiger charge is 2.45. The number of nitrogens with zero attached hydrogens (tertiary/aromatic N) is 1. The lowest BCUT2D eigenvalue weighted by atomic mass is 9.68. The van der Waals surface area contributed by atoms with E-state index in [0.717, 1.165) is 74.5 Å². The number of allylic oxidation sites excluding steroid dienone is 3. The summed E-state index contributed by atoms with van der Waals surface area (Å²) in [5.74, 6) is 0.466. The molecule has 0 unspecified atom stereocenters. The molecular formula is C34H44ClN3O5S. The maximum Gasteiger partial charge on any atom is 0.260 e. The highest BCUT2D eigenvalue weighted by atomic mass is 35.5. The fourth-order valence-electron chi connectivity index (χ4n) is 8.08. The molecule has 2 fully saturated rings. The van der Waals surface area contributed by atoms with Crippen LogP contribution in [0, 0.1) is 17.8 Å². The van der Waals surface area contributed by atoms with Crippen LogP contribution in [-0.2, 0) is 31.4 Å². The Morgan fingerprint density at radius 3 is 2.77 bits per heavy atom. The zero-order valence-electron chi connectivity index (χ0n) is 25.4. The van der Waals surface area contributed by atoms with Crippen molar-refractivity contribution in [3.63, 3.8) is 0 Å². The highest BCUT2D eigenvalue weighted by molar-refractivity contribution is 7.90. The summed E-state index contributed by atoms with van der Waals surface area (Å²) in [5, 5.41) is 14.4. The lowest BCUT2D eigenvalue weighted by Crippen LogP contribution is -2.50. The van der Waals surface area contributed by atoms with Gasteiger partial charge in [-0.15, -0.1) is 0 Å². The van der Waals surface area contributed by atoms with Gasteiger partial charge >= 0.3 is 0 Å². The molecular weight excluding hydrogens is 598 g/mol. The second kappa shape index (κ2) is 11.8. The maximum absolute atomic E-state index is 13.7. The first-order chi connectivity index (χ1) is 21.1. The van der Waals surface area contributed by atoms with Crippen LogP contribution in [-0.4, -0.2) is 61.5 Å². The molecule has 2 saturated carbocycles. The maximum atomic E-state index is 13.7. The first-order valence-corrected chi connectivity index (χ1v) is 18.3. The second-order valence-electron chi connectivity index (χ2n) is 14.1. The molecule has 4 aliphatic carbocycles. The average molecular weight is 642 g/mol. The van der Waals surface area contributed by atoms with Crippen molar-refractivity contribution in [2.24, 2.45) is 17.8 Å². The number of nitrogens with one attached hydrogen (secondary N) is 2. The standard InChI is InChI=1S/C34H44ClN3O5S/c1-21-4-2-6-30(39)27-12-7-24(27)18-38-19-34(15-3-5-22-16-25(35)9-13-28(22)34)20-43-31-14-8-23(17-29(31)38)32(40)37-44(41,42)33(21)36-26-10-11-26/h2,6,9,13,16-17,21,24,26-27,30,33,36,39H,3-5,7-8,10-12,14-15,18-20H2,1H3,(H,37,40)/b6-2+/t21-,24-,27+,30-,33+,34-/m0/s1. The molecule has 2 bridgehead atoms. The minimum absolute atomic E-state index is 0.135. The largest absolute Gasteiger partial charge is 0.495 e. The lowest BCUT2D eigenvalue weighted by Gasteiger charge is -2.46. The predicted molar refractivity (Wildman–Crippen MR) is 170 cm³/mol. The van der Waals surface area contributed by atoms with Gasteiger partial charge in [-0.05, 0) is 105 Å². The molecule has 6 atom stereocenters. The van der Waals surface area contributed by atoms with E-state index in [4.69, 9.17) is 16.3 Å². The van der Waals surface area contributed by atoms with Crippen molar-refractivity contribution in [1.82, 2.24) is 14.9 Å². The summed E-state index contributed by atoms with van der Waals surface area (Å²) in [6.07, 6.45) is 13.4. The van der Waals surface area contributed by atoms with E-state index < -0.39 is 27.4 Å². The van der Waals surface area contributed by atoms with E-state index in [1.54, 1.807) is 0 Å². The van der Waals surface area contributed by atoms with E-state index >= 15 is 0 Å². The number of hydrogen-bond acceptors (Lipinski definition) is 7. The molecule has 44 heavy (non-hydrogen) atoms. The van der Waals surface area contributed by atoms with Gasteiger partial charge in [-0.2, -0.15) is 0 Å². The molecule has 0 saturated heterocycles. The van der Waals surface area contributed by atoms with Crippen molar-refractivity contribution >= 4 is 27.5 Å². The summed E-state index contributed by atoms with van der Waals surface area (Å²) in [6.45, 7) is 3.91. The van der Waals surface area contributed by atoms with Crippen molar-refractivity contribution in [3.05, 3.63) is 69.6 Å². The van der Waals surface area contributed by atoms with Gasteiger partial charge in [0.25, 0.3) is 15.9 Å². The minimum Gasteiger partial charge on any atom is -0.495 e. The Morgan fingerprint density at radius 1 is 1.16 bits per heavy atom. The summed E-state index contributed by atoms with van der Waals surface area (Å²) in [5.41, 5.74) is 3.66. The zero-order chi connectivity index (χ0) is 30.6. The molecule has 1 spiro atoms. The summed E-state index contributed by atoms with van der Waals surface area (Å²) < 4.78 is 36.4. The monoisotopic (exact) mass is 641 g/mol. The molecule has 2 aliphatic heterocycles. The Balaban J connectivity index is 1.26. The Kier molecular flexibility index (Phi) is 8.13. The van der Waals surface area contributed by atoms with Crippen molar-refractivity contribution in [2.75, 3.05) is 19.7 Å². The molecule has 0 aromatic heterocycles. The van der Waals surface area contributed by atoms with Crippen LogP contribution >= 0.6 is 11.6 Å². The molecule has 2 heterocycles. The number of rotatable bonds is 2. The second-order valence-corrected chi connectivity index (χ2v) is 16.3. The first kappa shape index (κ1) is 30.3. The van der Waals surface area contributed by atoms with Crippen LogP contribution in [0.4, 0.5) is 0 Å². The van der Waals surface area contributed by atoms with Gasteiger partial charge < -0.3 is 14.7 Å². The van der Waals surface area contributed by atoms with Crippen LogP contribution in [0.25, 0.3) is 0 Å². The topological polar surface area (TPSA) is 108 Å². The van der Waals surface area contributed by atoms with Crippen LogP contribution in [0.1, 0.15) is 75.8 Å². The summed E-state index contributed by atoms with van der Waals surface area (Å²) >= 11 is 6.41. The quantitative estimate of drug-likeness (QED) is 0.403. The van der Waals surface area contributed by atoms with Gasteiger partial charge in [0.2, 0.25) is 0 Å². The molecule has 238 valence electrons.